The molecule has 0 aliphatic rings. The zero-order valence-electron chi connectivity index (χ0n) is 7.70. The maximum atomic E-state index is 11.4. The smallest absolute Gasteiger partial charge is 0.232 e. The maximum Gasteiger partial charge on any atom is 0.232 e. The highest BCUT2D eigenvalue weighted by Gasteiger charge is 2.10. The molecule has 6 heteroatoms. The van der Waals surface area contributed by atoms with Crippen LogP contribution in [0.3, 0.4) is 0 Å². The molecule has 0 atom stereocenters. The normalized spacial score (nSPS) is 11.3. The largest absolute Gasteiger partial charge is 0.280 e. The van der Waals surface area contributed by atoms with E-state index in [0.717, 1.165) is 0 Å². The van der Waals surface area contributed by atoms with E-state index in [9.17, 15) is 8.42 Å². The first-order valence-corrected chi connectivity index (χ1v) is 6.18. The van der Waals surface area contributed by atoms with E-state index in [0.29, 0.717) is 17.1 Å². The Labute approximate surface area is 88.4 Å². The molecule has 0 saturated carbocycles. The van der Waals surface area contributed by atoms with Crippen molar-refractivity contribution in [1.29, 1.82) is 0 Å². The highest BCUT2D eigenvalue weighted by molar-refractivity contribution is 7.92. The van der Waals surface area contributed by atoms with Crippen molar-refractivity contribution < 1.29 is 8.42 Å². The van der Waals surface area contributed by atoms with E-state index < -0.39 is 10.0 Å². The molecule has 0 fully saturated rings. The predicted octanol–water partition coefficient (Wildman–Crippen LogP) is 1.89. The summed E-state index contributed by atoms with van der Waals surface area (Å²) >= 11 is 5.76. The highest BCUT2D eigenvalue weighted by atomic mass is 35.5. The third-order valence-corrected chi connectivity index (χ3v) is 3.31. The van der Waals surface area contributed by atoms with Gasteiger partial charge in [0.15, 0.2) is 0 Å². The average Bonchev–Trinajstić information content (AvgIpc) is 2.08. The van der Waals surface area contributed by atoms with Crippen molar-refractivity contribution in [1.82, 2.24) is 4.98 Å². The van der Waals surface area contributed by atoms with Gasteiger partial charge in [0.1, 0.15) is 0 Å². The van der Waals surface area contributed by atoms with Gasteiger partial charge in [0.2, 0.25) is 10.0 Å². The van der Waals surface area contributed by atoms with Crippen LogP contribution >= 0.6 is 11.6 Å². The Morgan fingerprint density at radius 2 is 2.29 bits per heavy atom. The number of anilines is 1. The van der Waals surface area contributed by atoms with Gasteiger partial charge in [-0.1, -0.05) is 18.5 Å². The molecule has 1 N–H and O–H groups in total. The fraction of sp³-hybridized carbons (Fsp3) is 0.375. The summed E-state index contributed by atoms with van der Waals surface area (Å²) in [5.74, 6) is 0.0816. The van der Waals surface area contributed by atoms with E-state index >= 15 is 0 Å². The third kappa shape index (κ3) is 3.16. The molecule has 14 heavy (non-hydrogen) atoms. The van der Waals surface area contributed by atoms with Crippen molar-refractivity contribution in [3.8, 4) is 0 Å². The minimum Gasteiger partial charge on any atom is -0.280 e. The number of hydrogen-bond donors (Lipinski definition) is 1. The molecule has 0 aliphatic heterocycles. The molecule has 0 radical (unpaired) electrons. The Kier molecular flexibility index (Phi) is 3.71. The van der Waals surface area contributed by atoms with E-state index in [4.69, 9.17) is 11.6 Å². The number of nitrogens with zero attached hydrogens (tertiary/aromatic N) is 1. The fourth-order valence-corrected chi connectivity index (χ4v) is 2.29. The van der Waals surface area contributed by atoms with Gasteiger partial charge in [-0.25, -0.2) is 8.42 Å². The molecule has 0 amide bonds. The number of rotatable bonds is 4. The molecular formula is C8H11ClN2O2S. The molecule has 0 bridgehead atoms. The van der Waals surface area contributed by atoms with Crippen LogP contribution in [0.2, 0.25) is 5.02 Å². The second-order valence-electron chi connectivity index (χ2n) is 2.78. The number of sulfonamides is 1. The first-order chi connectivity index (χ1) is 6.55. The summed E-state index contributed by atoms with van der Waals surface area (Å²) in [4.78, 5) is 3.78. The molecule has 0 saturated heterocycles. The minimum absolute atomic E-state index is 0.0816. The van der Waals surface area contributed by atoms with Crippen LogP contribution in [-0.4, -0.2) is 19.2 Å². The molecular weight excluding hydrogens is 224 g/mol. The predicted molar refractivity (Wildman–Crippen MR) is 56.9 cm³/mol. The maximum absolute atomic E-state index is 11.4. The Morgan fingerprint density at radius 1 is 1.57 bits per heavy atom. The van der Waals surface area contributed by atoms with Crippen molar-refractivity contribution in [2.45, 2.75) is 13.3 Å². The number of nitrogens with one attached hydrogen (secondary N) is 1. The molecule has 78 valence electrons. The summed E-state index contributed by atoms with van der Waals surface area (Å²) in [7, 11) is -3.28. The van der Waals surface area contributed by atoms with E-state index in [2.05, 4.69) is 9.71 Å². The van der Waals surface area contributed by atoms with E-state index in [1.54, 1.807) is 6.92 Å². The number of halogens is 1. The summed E-state index contributed by atoms with van der Waals surface area (Å²) in [6.45, 7) is 1.80. The topological polar surface area (TPSA) is 59.1 Å². The second-order valence-corrected chi connectivity index (χ2v) is 5.03. The fourth-order valence-electron chi connectivity index (χ4n) is 0.940. The van der Waals surface area contributed by atoms with Crippen LogP contribution in [-0.2, 0) is 10.0 Å². The Bertz CT molecular complexity index is 406. The van der Waals surface area contributed by atoms with Crippen molar-refractivity contribution in [3.63, 3.8) is 0 Å². The zero-order chi connectivity index (χ0) is 10.6. The van der Waals surface area contributed by atoms with Crippen LogP contribution in [0, 0.1) is 0 Å². The number of pyridine rings is 1. The molecule has 0 unspecified atom stereocenters. The Balaban J connectivity index is 2.84. The summed E-state index contributed by atoms with van der Waals surface area (Å²) < 4.78 is 25.1. The summed E-state index contributed by atoms with van der Waals surface area (Å²) in [6, 6.07) is 1.53. The molecule has 1 rings (SSSR count). The molecule has 0 aromatic carbocycles. The van der Waals surface area contributed by atoms with E-state index in [1.165, 1.54) is 18.5 Å². The monoisotopic (exact) mass is 234 g/mol. The first kappa shape index (κ1) is 11.3. The van der Waals surface area contributed by atoms with Crippen LogP contribution in [0.25, 0.3) is 0 Å². The van der Waals surface area contributed by atoms with Gasteiger partial charge in [0.05, 0.1) is 22.7 Å². The SMILES string of the molecule is CCCS(=O)(=O)Nc1cnccc1Cl. The minimum atomic E-state index is -3.28. The number of aromatic nitrogens is 1. The van der Waals surface area contributed by atoms with Crippen LogP contribution in [0.15, 0.2) is 18.5 Å². The van der Waals surface area contributed by atoms with Gasteiger partial charge in [0, 0.05) is 6.20 Å². The second kappa shape index (κ2) is 4.61. The van der Waals surface area contributed by atoms with Crippen molar-refractivity contribution in [2.75, 3.05) is 10.5 Å². The molecule has 4 nitrogen and oxygen atoms in total. The lowest BCUT2D eigenvalue weighted by Gasteiger charge is -2.07. The van der Waals surface area contributed by atoms with Gasteiger partial charge in [-0.15, -0.1) is 0 Å². The van der Waals surface area contributed by atoms with Crippen LogP contribution < -0.4 is 4.72 Å². The van der Waals surface area contributed by atoms with Gasteiger partial charge >= 0.3 is 0 Å². The van der Waals surface area contributed by atoms with Gasteiger partial charge in [0.25, 0.3) is 0 Å². The lowest BCUT2D eigenvalue weighted by molar-refractivity contribution is 0.600. The first-order valence-electron chi connectivity index (χ1n) is 4.15. The van der Waals surface area contributed by atoms with Gasteiger partial charge in [-0.2, -0.15) is 0 Å². The lowest BCUT2D eigenvalue weighted by Crippen LogP contribution is -2.16. The van der Waals surface area contributed by atoms with Gasteiger partial charge in [-0.05, 0) is 12.5 Å². The standard InChI is InChI=1S/C8H11ClN2O2S/c1-2-5-14(12,13)11-8-6-10-4-3-7(8)9/h3-4,6,11H,2,5H2,1H3. The Morgan fingerprint density at radius 3 is 2.86 bits per heavy atom. The lowest BCUT2D eigenvalue weighted by atomic mass is 10.4. The van der Waals surface area contributed by atoms with Gasteiger partial charge < -0.3 is 0 Å². The van der Waals surface area contributed by atoms with Gasteiger partial charge in [-0.3, -0.25) is 9.71 Å². The molecule has 1 heterocycles. The zero-order valence-corrected chi connectivity index (χ0v) is 9.27. The quantitative estimate of drug-likeness (QED) is 0.866. The van der Waals surface area contributed by atoms with Crippen LogP contribution in [0.1, 0.15) is 13.3 Å². The van der Waals surface area contributed by atoms with Crippen molar-refractivity contribution in [3.05, 3.63) is 23.5 Å². The van der Waals surface area contributed by atoms with E-state index in [-0.39, 0.29) is 5.75 Å². The number of hydrogen-bond acceptors (Lipinski definition) is 3. The summed E-state index contributed by atoms with van der Waals surface area (Å²) in [5, 5.41) is 0.347. The van der Waals surface area contributed by atoms with Crippen LogP contribution in [0.5, 0.6) is 0 Å². The highest BCUT2D eigenvalue weighted by Crippen LogP contribution is 2.20. The molecule has 0 aliphatic carbocycles. The van der Waals surface area contributed by atoms with Crippen LogP contribution in [0.4, 0.5) is 5.69 Å². The summed E-state index contributed by atoms with van der Waals surface area (Å²) in [5.41, 5.74) is 0.322. The van der Waals surface area contributed by atoms with Crippen molar-refractivity contribution >= 4 is 27.3 Å². The third-order valence-electron chi connectivity index (χ3n) is 1.51. The van der Waals surface area contributed by atoms with E-state index in [1.807, 2.05) is 0 Å². The summed E-state index contributed by atoms with van der Waals surface area (Å²) in [6.07, 6.45) is 3.45. The average molecular weight is 235 g/mol. The molecule has 1 aromatic rings. The Hall–Kier alpha value is -0.810. The molecule has 1 aromatic heterocycles. The van der Waals surface area contributed by atoms with Crippen molar-refractivity contribution in [2.24, 2.45) is 0 Å². The molecule has 0 spiro atoms.